The molecule has 2 unspecified atom stereocenters. The third-order valence-corrected chi connectivity index (χ3v) is 3.07. The Morgan fingerprint density at radius 1 is 1.18 bits per heavy atom. The van der Waals surface area contributed by atoms with Crippen molar-refractivity contribution in [3.8, 4) is 0 Å². The molecule has 0 aromatic heterocycles. The molecule has 0 heterocycles. The van der Waals surface area contributed by atoms with Gasteiger partial charge in [-0.3, -0.25) is 0 Å². The summed E-state index contributed by atoms with van der Waals surface area (Å²) in [6.07, 6.45) is 3.86. The van der Waals surface area contributed by atoms with E-state index >= 15 is 0 Å². The summed E-state index contributed by atoms with van der Waals surface area (Å²) in [6.45, 7) is 5.21. The van der Waals surface area contributed by atoms with Crippen LogP contribution in [0.25, 0.3) is 0 Å². The average molecular weight is 235 g/mol. The van der Waals surface area contributed by atoms with Crippen molar-refractivity contribution in [2.45, 2.75) is 45.3 Å². The fraction of sp³-hybridized carbons (Fsp3) is 0.600. The zero-order chi connectivity index (χ0) is 12.5. The van der Waals surface area contributed by atoms with Gasteiger partial charge in [-0.15, -0.1) is 0 Å². The minimum absolute atomic E-state index is 0.208. The lowest BCUT2D eigenvalue weighted by molar-refractivity contribution is 0.0381. The second kappa shape index (κ2) is 8.26. The summed E-state index contributed by atoms with van der Waals surface area (Å²) in [5.41, 5.74) is 1.29. The monoisotopic (exact) mass is 235 g/mol. The van der Waals surface area contributed by atoms with Gasteiger partial charge in [0.25, 0.3) is 0 Å². The summed E-state index contributed by atoms with van der Waals surface area (Å²) < 4.78 is 5.89. The van der Waals surface area contributed by atoms with E-state index in [9.17, 15) is 0 Å². The lowest BCUT2D eigenvalue weighted by atomic mass is 10.0. The van der Waals surface area contributed by atoms with Crippen molar-refractivity contribution >= 4 is 0 Å². The molecule has 0 fully saturated rings. The molecular weight excluding hydrogens is 210 g/mol. The molecule has 0 saturated heterocycles. The Kier molecular flexibility index (Phi) is 6.90. The van der Waals surface area contributed by atoms with Gasteiger partial charge in [-0.25, -0.2) is 0 Å². The Balaban J connectivity index is 2.44. The topological polar surface area (TPSA) is 21.3 Å². The summed E-state index contributed by atoms with van der Waals surface area (Å²) in [5.74, 6) is 0. The molecule has 0 spiro atoms. The van der Waals surface area contributed by atoms with Crippen LogP contribution in [0.1, 0.15) is 44.7 Å². The van der Waals surface area contributed by atoms with Crippen molar-refractivity contribution in [1.82, 2.24) is 5.32 Å². The zero-order valence-electron chi connectivity index (χ0n) is 11.3. The molecule has 0 aliphatic carbocycles. The van der Waals surface area contributed by atoms with Gasteiger partial charge < -0.3 is 10.1 Å². The van der Waals surface area contributed by atoms with Gasteiger partial charge in [0, 0.05) is 6.61 Å². The molecule has 0 saturated carbocycles. The maximum absolute atomic E-state index is 5.89. The van der Waals surface area contributed by atoms with Crippen LogP contribution in [0.15, 0.2) is 30.3 Å². The summed E-state index contributed by atoms with van der Waals surface area (Å²) in [7, 11) is 1.99. The Hall–Kier alpha value is -0.860. The Labute approximate surface area is 105 Å². The van der Waals surface area contributed by atoms with Gasteiger partial charge in [0.15, 0.2) is 0 Å². The number of nitrogens with one attached hydrogen (secondary N) is 1. The van der Waals surface area contributed by atoms with Gasteiger partial charge in [0.1, 0.15) is 0 Å². The first kappa shape index (κ1) is 14.2. The molecular formula is C15H25NO. The predicted molar refractivity (Wildman–Crippen MR) is 73.2 cm³/mol. The van der Waals surface area contributed by atoms with Crippen LogP contribution in [0.4, 0.5) is 0 Å². The van der Waals surface area contributed by atoms with Crippen molar-refractivity contribution in [2.24, 2.45) is 0 Å². The average Bonchev–Trinajstić information content (AvgIpc) is 2.37. The van der Waals surface area contributed by atoms with Crippen molar-refractivity contribution in [3.63, 3.8) is 0 Å². The van der Waals surface area contributed by atoms with Gasteiger partial charge in [0.05, 0.1) is 12.1 Å². The fourth-order valence-electron chi connectivity index (χ4n) is 2.05. The third-order valence-electron chi connectivity index (χ3n) is 3.07. The summed E-state index contributed by atoms with van der Waals surface area (Å²) in [5, 5.41) is 3.33. The third kappa shape index (κ3) is 4.88. The molecule has 2 nitrogen and oxygen atoms in total. The van der Waals surface area contributed by atoms with Gasteiger partial charge in [-0.05, 0) is 26.0 Å². The minimum Gasteiger partial charge on any atom is -0.377 e. The van der Waals surface area contributed by atoms with E-state index in [-0.39, 0.29) is 12.1 Å². The van der Waals surface area contributed by atoms with E-state index in [0.717, 1.165) is 13.0 Å². The summed E-state index contributed by atoms with van der Waals surface area (Å²) in [4.78, 5) is 0. The molecule has 0 radical (unpaired) electrons. The Bertz CT molecular complexity index is 286. The van der Waals surface area contributed by atoms with Crippen molar-refractivity contribution in [1.29, 1.82) is 0 Å². The molecule has 1 rings (SSSR count). The number of hydrogen-bond donors (Lipinski definition) is 1. The summed E-state index contributed by atoms with van der Waals surface area (Å²) >= 11 is 0. The second-order valence-electron chi connectivity index (χ2n) is 4.46. The normalized spacial score (nSPS) is 14.5. The summed E-state index contributed by atoms with van der Waals surface area (Å²) in [6, 6.07) is 10.8. The Morgan fingerprint density at radius 3 is 2.47 bits per heavy atom. The van der Waals surface area contributed by atoms with Gasteiger partial charge in [-0.1, -0.05) is 50.1 Å². The lowest BCUT2D eigenvalue weighted by Crippen LogP contribution is -2.29. The van der Waals surface area contributed by atoms with Crippen LogP contribution in [0, 0.1) is 0 Å². The zero-order valence-corrected chi connectivity index (χ0v) is 11.3. The first-order valence-corrected chi connectivity index (χ1v) is 6.63. The molecule has 0 aliphatic rings. The standard InChI is InChI=1S/C15H25NO/c1-4-5-9-12-17-13(2)15(16-3)14-10-7-6-8-11-14/h6-8,10-11,13,15-16H,4-5,9,12H2,1-3H3. The van der Waals surface area contributed by atoms with Crippen LogP contribution in [-0.2, 0) is 4.74 Å². The molecule has 0 aliphatic heterocycles. The highest BCUT2D eigenvalue weighted by atomic mass is 16.5. The predicted octanol–water partition coefficient (Wildman–Crippen LogP) is 3.54. The molecule has 2 heteroatoms. The van der Waals surface area contributed by atoms with E-state index in [0.29, 0.717) is 0 Å². The number of likely N-dealkylation sites (N-methyl/N-ethyl adjacent to an activating group) is 1. The van der Waals surface area contributed by atoms with Gasteiger partial charge >= 0.3 is 0 Å². The largest absolute Gasteiger partial charge is 0.377 e. The SMILES string of the molecule is CCCCCOC(C)C(NC)c1ccccc1. The van der Waals surface area contributed by atoms with E-state index in [2.05, 4.69) is 43.4 Å². The molecule has 1 aromatic carbocycles. The van der Waals surface area contributed by atoms with Crippen LogP contribution < -0.4 is 5.32 Å². The number of hydrogen-bond acceptors (Lipinski definition) is 2. The first-order chi connectivity index (χ1) is 8.29. The number of benzene rings is 1. The van der Waals surface area contributed by atoms with Crippen LogP contribution in [0.5, 0.6) is 0 Å². The highest BCUT2D eigenvalue weighted by Gasteiger charge is 2.17. The van der Waals surface area contributed by atoms with Gasteiger partial charge in [0.2, 0.25) is 0 Å². The van der Waals surface area contributed by atoms with Crippen LogP contribution in [0.2, 0.25) is 0 Å². The van der Waals surface area contributed by atoms with E-state index < -0.39 is 0 Å². The highest BCUT2D eigenvalue weighted by Crippen LogP contribution is 2.18. The number of rotatable bonds is 8. The van der Waals surface area contributed by atoms with Gasteiger partial charge in [-0.2, -0.15) is 0 Å². The Morgan fingerprint density at radius 2 is 1.88 bits per heavy atom. The van der Waals surface area contributed by atoms with E-state index in [1.165, 1.54) is 18.4 Å². The molecule has 0 amide bonds. The maximum Gasteiger partial charge on any atom is 0.0741 e. The second-order valence-corrected chi connectivity index (χ2v) is 4.46. The van der Waals surface area contributed by atoms with E-state index in [1.807, 2.05) is 13.1 Å². The molecule has 17 heavy (non-hydrogen) atoms. The smallest absolute Gasteiger partial charge is 0.0741 e. The van der Waals surface area contributed by atoms with Crippen molar-refractivity contribution < 1.29 is 4.74 Å². The van der Waals surface area contributed by atoms with Crippen LogP contribution in [0.3, 0.4) is 0 Å². The van der Waals surface area contributed by atoms with E-state index in [1.54, 1.807) is 0 Å². The fourth-order valence-corrected chi connectivity index (χ4v) is 2.05. The van der Waals surface area contributed by atoms with E-state index in [4.69, 9.17) is 4.74 Å². The van der Waals surface area contributed by atoms with Crippen molar-refractivity contribution in [3.05, 3.63) is 35.9 Å². The quantitative estimate of drug-likeness (QED) is 0.696. The highest BCUT2D eigenvalue weighted by molar-refractivity contribution is 5.19. The lowest BCUT2D eigenvalue weighted by Gasteiger charge is -2.24. The first-order valence-electron chi connectivity index (χ1n) is 6.63. The molecule has 96 valence electrons. The maximum atomic E-state index is 5.89. The molecule has 0 bridgehead atoms. The molecule has 1 aromatic rings. The minimum atomic E-state index is 0.208. The molecule has 1 N–H and O–H groups in total. The molecule has 2 atom stereocenters. The number of ether oxygens (including phenoxy) is 1. The van der Waals surface area contributed by atoms with Crippen LogP contribution in [-0.4, -0.2) is 19.8 Å². The van der Waals surface area contributed by atoms with Crippen LogP contribution >= 0.6 is 0 Å². The van der Waals surface area contributed by atoms with Crippen molar-refractivity contribution in [2.75, 3.05) is 13.7 Å². The number of unbranched alkanes of at least 4 members (excludes halogenated alkanes) is 2.